The van der Waals surface area contributed by atoms with E-state index in [0.717, 1.165) is 10.2 Å². The summed E-state index contributed by atoms with van der Waals surface area (Å²) < 4.78 is 5.90. The molecule has 1 aromatic heterocycles. The van der Waals surface area contributed by atoms with Gasteiger partial charge >= 0.3 is 5.88 Å². The number of hydrogen-bond donors (Lipinski definition) is 1. The van der Waals surface area contributed by atoms with Crippen LogP contribution < -0.4 is 5.32 Å². The van der Waals surface area contributed by atoms with Crippen LogP contribution in [0.3, 0.4) is 0 Å². The number of hydrogen-bond acceptors (Lipinski definition) is 4. The van der Waals surface area contributed by atoms with E-state index in [1.807, 2.05) is 12.1 Å². The Kier molecular flexibility index (Phi) is 3.88. The lowest BCUT2D eigenvalue weighted by Crippen LogP contribution is -1.98. The van der Waals surface area contributed by atoms with Crippen LogP contribution in [0.15, 0.2) is 39.2 Å². The van der Waals surface area contributed by atoms with E-state index in [4.69, 9.17) is 16.0 Å². The molecule has 0 aliphatic heterocycles. The largest absolute Gasteiger partial charge is 0.433 e. The van der Waals surface area contributed by atoms with Crippen molar-refractivity contribution in [2.45, 2.75) is 6.54 Å². The van der Waals surface area contributed by atoms with Gasteiger partial charge in [0.05, 0.1) is 23.3 Å². The number of nitrogens with one attached hydrogen (secondary N) is 1. The number of nitro groups is 1. The Morgan fingerprint density at radius 3 is 2.78 bits per heavy atom. The molecule has 0 fully saturated rings. The molecule has 0 unspecified atom stereocenters. The average molecular weight is 332 g/mol. The smallest absolute Gasteiger partial charge is 0.404 e. The Labute approximate surface area is 116 Å². The van der Waals surface area contributed by atoms with Gasteiger partial charge in [0.15, 0.2) is 0 Å². The lowest BCUT2D eigenvalue weighted by atomic mass is 10.3. The third kappa shape index (κ3) is 3.02. The summed E-state index contributed by atoms with van der Waals surface area (Å²) in [6, 6.07) is 8.29. The lowest BCUT2D eigenvalue weighted by Gasteiger charge is -2.06. The van der Waals surface area contributed by atoms with E-state index in [9.17, 15) is 10.1 Å². The van der Waals surface area contributed by atoms with Crippen LogP contribution in [0.1, 0.15) is 5.76 Å². The highest BCUT2D eigenvalue weighted by Crippen LogP contribution is 2.26. The molecule has 0 aliphatic rings. The summed E-state index contributed by atoms with van der Waals surface area (Å²) in [5.74, 6) is 0.203. The van der Waals surface area contributed by atoms with Crippen molar-refractivity contribution in [2.24, 2.45) is 0 Å². The van der Waals surface area contributed by atoms with E-state index in [2.05, 4.69) is 21.2 Å². The maximum absolute atomic E-state index is 10.4. The zero-order valence-corrected chi connectivity index (χ0v) is 11.4. The first kappa shape index (κ1) is 12.9. The minimum atomic E-state index is -0.573. The highest BCUT2D eigenvalue weighted by atomic mass is 79.9. The molecular weight excluding hydrogens is 323 g/mol. The van der Waals surface area contributed by atoms with E-state index in [1.165, 1.54) is 6.07 Å². The molecule has 2 rings (SSSR count). The Balaban J connectivity index is 2.04. The molecule has 94 valence electrons. The second kappa shape index (κ2) is 5.41. The van der Waals surface area contributed by atoms with Crippen LogP contribution in [0, 0.1) is 10.1 Å². The minimum Gasteiger partial charge on any atom is -0.404 e. The van der Waals surface area contributed by atoms with E-state index < -0.39 is 4.92 Å². The normalized spacial score (nSPS) is 10.3. The van der Waals surface area contributed by atoms with Gasteiger partial charge in [-0.2, -0.15) is 0 Å². The molecule has 0 atom stereocenters. The number of benzene rings is 1. The Morgan fingerprint density at radius 2 is 2.17 bits per heavy atom. The fourth-order valence-electron chi connectivity index (χ4n) is 1.37. The summed E-state index contributed by atoms with van der Waals surface area (Å²) in [6.07, 6.45) is 0. The molecule has 2 aromatic rings. The molecule has 1 N–H and O–H groups in total. The van der Waals surface area contributed by atoms with Crippen molar-refractivity contribution in [3.63, 3.8) is 0 Å². The standard InChI is InChI=1S/C11H8BrClN2O3/c12-7-1-3-10(9(13)5-7)14-6-8-2-4-11(18-8)15(16)17/h1-5,14H,6H2. The van der Waals surface area contributed by atoms with Crippen LogP contribution >= 0.6 is 27.5 Å². The molecule has 18 heavy (non-hydrogen) atoms. The highest BCUT2D eigenvalue weighted by Gasteiger charge is 2.11. The number of nitrogens with zero attached hydrogens (tertiary/aromatic N) is 1. The molecule has 5 nitrogen and oxygen atoms in total. The number of anilines is 1. The van der Waals surface area contributed by atoms with Gasteiger partial charge in [0.25, 0.3) is 0 Å². The summed E-state index contributed by atoms with van der Waals surface area (Å²) in [5, 5.41) is 14.0. The molecule has 0 aliphatic carbocycles. The minimum absolute atomic E-state index is 0.270. The lowest BCUT2D eigenvalue weighted by molar-refractivity contribution is -0.402. The molecule has 0 radical (unpaired) electrons. The van der Waals surface area contributed by atoms with Crippen LogP contribution in [0.5, 0.6) is 0 Å². The maximum Gasteiger partial charge on any atom is 0.433 e. The van der Waals surface area contributed by atoms with Gasteiger partial charge in [-0.05, 0) is 24.3 Å². The molecule has 1 aromatic carbocycles. The van der Waals surface area contributed by atoms with Crippen LogP contribution in [0.4, 0.5) is 11.6 Å². The van der Waals surface area contributed by atoms with Gasteiger partial charge in [0.2, 0.25) is 0 Å². The third-order valence-electron chi connectivity index (χ3n) is 2.21. The van der Waals surface area contributed by atoms with Crippen LogP contribution in [-0.2, 0) is 6.54 Å². The van der Waals surface area contributed by atoms with Gasteiger partial charge in [0.1, 0.15) is 10.7 Å². The number of furan rings is 1. The molecule has 7 heteroatoms. The molecule has 0 amide bonds. The fraction of sp³-hybridized carbons (Fsp3) is 0.0909. The summed E-state index contributed by atoms with van der Waals surface area (Å²) >= 11 is 9.33. The van der Waals surface area contributed by atoms with Gasteiger partial charge in [-0.15, -0.1) is 0 Å². The van der Waals surface area contributed by atoms with Gasteiger partial charge < -0.3 is 9.73 Å². The monoisotopic (exact) mass is 330 g/mol. The van der Waals surface area contributed by atoms with Crippen LogP contribution in [0.25, 0.3) is 0 Å². The Bertz CT molecular complexity index is 585. The zero-order valence-electron chi connectivity index (χ0n) is 9.02. The van der Waals surface area contributed by atoms with Crippen LogP contribution in [0.2, 0.25) is 5.02 Å². The van der Waals surface area contributed by atoms with Gasteiger partial charge in [-0.3, -0.25) is 10.1 Å². The zero-order chi connectivity index (χ0) is 13.1. The average Bonchev–Trinajstić information content (AvgIpc) is 2.76. The van der Waals surface area contributed by atoms with Crippen molar-refractivity contribution in [3.05, 3.63) is 55.7 Å². The first-order chi connectivity index (χ1) is 8.56. The molecular formula is C11H8BrClN2O3. The fourth-order valence-corrected chi connectivity index (χ4v) is 2.12. The molecule has 1 heterocycles. The molecule has 0 spiro atoms. The van der Waals surface area contributed by atoms with E-state index in [0.29, 0.717) is 17.3 Å². The first-order valence-corrected chi connectivity index (χ1v) is 6.15. The summed E-state index contributed by atoms with van der Waals surface area (Å²) in [6.45, 7) is 0.329. The predicted octanol–water partition coefficient (Wildman–Crippen LogP) is 4.22. The van der Waals surface area contributed by atoms with Crippen molar-refractivity contribution in [1.82, 2.24) is 0 Å². The van der Waals surface area contributed by atoms with Crippen molar-refractivity contribution in [2.75, 3.05) is 5.32 Å². The second-order valence-electron chi connectivity index (χ2n) is 3.47. The highest BCUT2D eigenvalue weighted by molar-refractivity contribution is 9.10. The summed E-state index contributed by atoms with van der Waals surface area (Å²) in [7, 11) is 0. The molecule has 0 saturated heterocycles. The van der Waals surface area contributed by atoms with E-state index in [1.54, 1.807) is 12.1 Å². The van der Waals surface area contributed by atoms with Gasteiger partial charge in [0, 0.05) is 4.47 Å². The van der Waals surface area contributed by atoms with E-state index in [-0.39, 0.29) is 5.88 Å². The Morgan fingerprint density at radius 1 is 1.39 bits per heavy atom. The first-order valence-electron chi connectivity index (χ1n) is 4.98. The Hall–Kier alpha value is -1.53. The molecule has 0 bridgehead atoms. The van der Waals surface area contributed by atoms with Crippen molar-refractivity contribution >= 4 is 39.1 Å². The maximum atomic E-state index is 10.4. The number of halogens is 2. The van der Waals surface area contributed by atoms with Crippen molar-refractivity contribution in [1.29, 1.82) is 0 Å². The topological polar surface area (TPSA) is 68.3 Å². The van der Waals surface area contributed by atoms with E-state index >= 15 is 0 Å². The molecule has 0 saturated carbocycles. The van der Waals surface area contributed by atoms with Crippen molar-refractivity contribution < 1.29 is 9.34 Å². The number of rotatable bonds is 4. The quantitative estimate of drug-likeness (QED) is 0.673. The third-order valence-corrected chi connectivity index (χ3v) is 3.02. The SMILES string of the molecule is O=[N+]([O-])c1ccc(CNc2ccc(Br)cc2Cl)o1. The van der Waals surface area contributed by atoms with Gasteiger partial charge in [-0.25, -0.2) is 0 Å². The van der Waals surface area contributed by atoms with Crippen LogP contribution in [-0.4, -0.2) is 4.92 Å². The second-order valence-corrected chi connectivity index (χ2v) is 4.80. The predicted molar refractivity (Wildman–Crippen MR) is 71.8 cm³/mol. The summed E-state index contributed by atoms with van der Waals surface area (Å²) in [5.41, 5.74) is 0.735. The van der Waals surface area contributed by atoms with Crippen molar-refractivity contribution in [3.8, 4) is 0 Å². The van der Waals surface area contributed by atoms with Gasteiger partial charge in [-0.1, -0.05) is 27.5 Å². The summed E-state index contributed by atoms with van der Waals surface area (Å²) in [4.78, 5) is 9.87.